The third-order valence-electron chi connectivity index (χ3n) is 3.60. The fraction of sp³-hybridized carbons (Fsp3) is 0.188. The molecule has 2 aromatic carbocycles. The van der Waals surface area contributed by atoms with Gasteiger partial charge in [0.25, 0.3) is 5.91 Å². The Balaban J connectivity index is 1.94. The molecule has 0 saturated heterocycles. The van der Waals surface area contributed by atoms with Gasteiger partial charge in [0.15, 0.2) is 11.5 Å². The van der Waals surface area contributed by atoms with Gasteiger partial charge in [0.1, 0.15) is 0 Å². The third kappa shape index (κ3) is 2.09. The van der Waals surface area contributed by atoms with Gasteiger partial charge < -0.3 is 15.2 Å². The summed E-state index contributed by atoms with van der Waals surface area (Å²) >= 11 is 0. The molecule has 1 amide bonds. The largest absolute Gasteiger partial charge is 0.504 e. The van der Waals surface area contributed by atoms with Crippen molar-refractivity contribution in [2.75, 3.05) is 7.11 Å². The first-order valence-corrected chi connectivity index (χ1v) is 6.44. The van der Waals surface area contributed by atoms with Crippen molar-refractivity contribution >= 4 is 5.91 Å². The van der Waals surface area contributed by atoms with Crippen LogP contribution < -0.4 is 10.1 Å². The fourth-order valence-electron chi connectivity index (χ4n) is 2.55. The Kier molecular flexibility index (Phi) is 3.06. The van der Waals surface area contributed by atoms with E-state index in [0.29, 0.717) is 12.2 Å². The van der Waals surface area contributed by atoms with E-state index in [4.69, 9.17) is 4.74 Å². The van der Waals surface area contributed by atoms with Crippen molar-refractivity contribution in [1.29, 1.82) is 0 Å². The number of hydrogen-bond acceptors (Lipinski definition) is 3. The average Bonchev–Trinajstić information content (AvgIpc) is 2.47. The van der Waals surface area contributed by atoms with Crippen LogP contribution in [0.3, 0.4) is 0 Å². The summed E-state index contributed by atoms with van der Waals surface area (Å²) in [6.45, 7) is 0. The summed E-state index contributed by atoms with van der Waals surface area (Å²) in [7, 11) is 1.51. The summed E-state index contributed by atoms with van der Waals surface area (Å²) in [6, 6.07) is 12.6. The smallest absolute Gasteiger partial charge is 0.252 e. The van der Waals surface area contributed by atoms with Gasteiger partial charge in [-0.3, -0.25) is 4.79 Å². The molecule has 3 rings (SSSR count). The molecule has 1 heterocycles. The zero-order chi connectivity index (χ0) is 14.1. The van der Waals surface area contributed by atoms with E-state index in [1.807, 2.05) is 30.3 Å². The normalized spacial score (nSPS) is 17.2. The van der Waals surface area contributed by atoms with Crippen LogP contribution in [-0.4, -0.2) is 18.1 Å². The highest BCUT2D eigenvalue weighted by molar-refractivity contribution is 5.97. The Morgan fingerprint density at radius 3 is 2.80 bits per heavy atom. The Bertz CT molecular complexity index is 667. The van der Waals surface area contributed by atoms with E-state index in [1.165, 1.54) is 7.11 Å². The van der Waals surface area contributed by atoms with Crippen LogP contribution in [0.25, 0.3) is 0 Å². The molecule has 102 valence electrons. The average molecular weight is 269 g/mol. The second-order valence-electron chi connectivity index (χ2n) is 4.82. The van der Waals surface area contributed by atoms with Crippen molar-refractivity contribution in [1.82, 2.24) is 5.32 Å². The number of carbonyl (C=O) groups is 1. The number of phenolic OH excluding ortho intramolecular Hbond substituents is 1. The lowest BCUT2D eigenvalue weighted by Crippen LogP contribution is -2.35. The number of rotatable bonds is 2. The van der Waals surface area contributed by atoms with Crippen LogP contribution in [0.2, 0.25) is 0 Å². The minimum atomic E-state index is -0.130. The quantitative estimate of drug-likeness (QED) is 0.880. The topological polar surface area (TPSA) is 58.6 Å². The first-order valence-electron chi connectivity index (χ1n) is 6.44. The molecular formula is C16H15NO3. The molecule has 2 aromatic rings. The highest BCUT2D eigenvalue weighted by atomic mass is 16.5. The molecule has 0 aromatic heterocycles. The maximum Gasteiger partial charge on any atom is 0.252 e. The molecule has 4 heteroatoms. The van der Waals surface area contributed by atoms with Crippen LogP contribution >= 0.6 is 0 Å². The van der Waals surface area contributed by atoms with Crippen molar-refractivity contribution in [2.24, 2.45) is 0 Å². The fourth-order valence-corrected chi connectivity index (χ4v) is 2.55. The van der Waals surface area contributed by atoms with Crippen molar-refractivity contribution < 1.29 is 14.6 Å². The van der Waals surface area contributed by atoms with Gasteiger partial charge in [-0.15, -0.1) is 0 Å². The van der Waals surface area contributed by atoms with Crippen molar-refractivity contribution in [3.8, 4) is 11.5 Å². The van der Waals surface area contributed by atoms with Crippen LogP contribution in [0.1, 0.15) is 27.5 Å². The van der Waals surface area contributed by atoms with Gasteiger partial charge in [0.2, 0.25) is 0 Å². The zero-order valence-corrected chi connectivity index (χ0v) is 11.1. The van der Waals surface area contributed by atoms with Gasteiger partial charge in [0.05, 0.1) is 13.2 Å². The van der Waals surface area contributed by atoms with E-state index >= 15 is 0 Å². The van der Waals surface area contributed by atoms with E-state index in [0.717, 1.165) is 16.7 Å². The molecular weight excluding hydrogens is 254 g/mol. The molecule has 1 atom stereocenters. The van der Waals surface area contributed by atoms with E-state index < -0.39 is 0 Å². The Morgan fingerprint density at radius 2 is 2.05 bits per heavy atom. The molecule has 1 unspecified atom stereocenters. The van der Waals surface area contributed by atoms with E-state index in [1.54, 1.807) is 12.1 Å². The predicted molar refractivity (Wildman–Crippen MR) is 75.0 cm³/mol. The standard InChI is InChI=1S/C16H15NO3/c1-20-15-7-6-11(9-14(15)18)13-8-10-4-2-3-5-12(10)16(19)17-13/h2-7,9,13,18H,8H2,1H3,(H,17,19). The molecule has 4 nitrogen and oxygen atoms in total. The monoisotopic (exact) mass is 269 g/mol. The molecule has 0 aliphatic carbocycles. The van der Waals surface area contributed by atoms with Crippen LogP contribution in [0.5, 0.6) is 11.5 Å². The first kappa shape index (κ1) is 12.5. The number of carbonyl (C=O) groups excluding carboxylic acids is 1. The molecule has 0 radical (unpaired) electrons. The van der Waals surface area contributed by atoms with Crippen LogP contribution in [0, 0.1) is 0 Å². The van der Waals surface area contributed by atoms with Gasteiger partial charge in [-0.2, -0.15) is 0 Å². The van der Waals surface area contributed by atoms with Gasteiger partial charge in [0, 0.05) is 5.56 Å². The number of ether oxygens (including phenoxy) is 1. The lowest BCUT2D eigenvalue weighted by Gasteiger charge is -2.26. The molecule has 0 spiro atoms. The van der Waals surface area contributed by atoms with E-state index in [-0.39, 0.29) is 17.7 Å². The Hall–Kier alpha value is -2.49. The zero-order valence-electron chi connectivity index (χ0n) is 11.1. The summed E-state index contributed by atoms with van der Waals surface area (Å²) in [5.41, 5.74) is 2.61. The molecule has 0 fully saturated rings. The lowest BCUT2D eigenvalue weighted by molar-refractivity contribution is 0.0925. The van der Waals surface area contributed by atoms with Crippen molar-refractivity contribution in [2.45, 2.75) is 12.5 Å². The maximum atomic E-state index is 12.1. The summed E-state index contributed by atoms with van der Waals surface area (Å²) in [4.78, 5) is 12.1. The Labute approximate surface area is 117 Å². The van der Waals surface area contributed by atoms with E-state index in [2.05, 4.69) is 5.32 Å². The summed E-state index contributed by atoms with van der Waals surface area (Å²) in [5, 5.41) is 12.8. The third-order valence-corrected chi connectivity index (χ3v) is 3.60. The van der Waals surface area contributed by atoms with Gasteiger partial charge >= 0.3 is 0 Å². The number of methoxy groups -OCH3 is 1. The summed E-state index contributed by atoms with van der Waals surface area (Å²) < 4.78 is 5.03. The van der Waals surface area contributed by atoms with Gasteiger partial charge in [-0.1, -0.05) is 24.3 Å². The number of benzene rings is 2. The SMILES string of the molecule is COc1ccc(C2Cc3ccccc3C(=O)N2)cc1O. The minimum Gasteiger partial charge on any atom is -0.504 e. The summed E-state index contributed by atoms with van der Waals surface area (Å²) in [5.74, 6) is 0.432. The number of phenols is 1. The highest BCUT2D eigenvalue weighted by Crippen LogP contribution is 2.32. The molecule has 0 saturated carbocycles. The predicted octanol–water partition coefficient (Wildman–Crippen LogP) is 2.43. The number of fused-ring (bicyclic) bond motifs is 1. The molecule has 0 bridgehead atoms. The maximum absolute atomic E-state index is 12.1. The van der Waals surface area contributed by atoms with E-state index in [9.17, 15) is 9.90 Å². The molecule has 20 heavy (non-hydrogen) atoms. The molecule has 2 N–H and O–H groups in total. The van der Waals surface area contributed by atoms with Gasteiger partial charge in [-0.05, 0) is 35.7 Å². The highest BCUT2D eigenvalue weighted by Gasteiger charge is 2.25. The summed E-state index contributed by atoms with van der Waals surface area (Å²) in [6.07, 6.45) is 0.716. The lowest BCUT2D eigenvalue weighted by atomic mass is 9.91. The minimum absolute atomic E-state index is 0.0767. The second kappa shape index (κ2) is 4.89. The molecule has 1 aliphatic heterocycles. The second-order valence-corrected chi connectivity index (χ2v) is 4.82. The van der Waals surface area contributed by atoms with Crippen LogP contribution in [0.15, 0.2) is 42.5 Å². The number of aromatic hydroxyl groups is 1. The molecule has 1 aliphatic rings. The number of nitrogens with one attached hydrogen (secondary N) is 1. The van der Waals surface area contributed by atoms with Gasteiger partial charge in [-0.25, -0.2) is 0 Å². The first-order chi connectivity index (χ1) is 9.69. The number of amides is 1. The number of hydrogen-bond donors (Lipinski definition) is 2. The van der Waals surface area contributed by atoms with Crippen LogP contribution in [-0.2, 0) is 6.42 Å². The van der Waals surface area contributed by atoms with Crippen molar-refractivity contribution in [3.63, 3.8) is 0 Å². The Morgan fingerprint density at radius 1 is 1.25 bits per heavy atom. The van der Waals surface area contributed by atoms with Crippen molar-refractivity contribution in [3.05, 3.63) is 59.2 Å². The van der Waals surface area contributed by atoms with Crippen LogP contribution in [0.4, 0.5) is 0 Å².